The average molecular weight is 293 g/mol. The molecular formula is C16H27N3O2. The van der Waals surface area contributed by atoms with Gasteiger partial charge in [0.2, 0.25) is 5.88 Å². The molecule has 2 rings (SSSR count). The summed E-state index contributed by atoms with van der Waals surface area (Å²) in [4.78, 5) is 4.48. The van der Waals surface area contributed by atoms with E-state index in [9.17, 15) is 5.11 Å². The van der Waals surface area contributed by atoms with Crippen LogP contribution in [0.1, 0.15) is 52.9 Å². The zero-order chi connectivity index (χ0) is 15.5. The second kappa shape index (κ2) is 6.10. The molecule has 0 aliphatic heterocycles. The van der Waals surface area contributed by atoms with Gasteiger partial charge in [-0.05, 0) is 45.7 Å². The Kier molecular flexibility index (Phi) is 4.61. The van der Waals surface area contributed by atoms with Crippen molar-refractivity contribution in [2.75, 3.05) is 17.7 Å². The Balaban J connectivity index is 2.18. The fourth-order valence-electron chi connectivity index (χ4n) is 2.72. The lowest BCUT2D eigenvalue weighted by Crippen LogP contribution is -2.44. The van der Waals surface area contributed by atoms with E-state index < -0.39 is 0 Å². The molecule has 1 aliphatic rings. The van der Waals surface area contributed by atoms with Crippen LogP contribution in [0, 0.1) is 0 Å². The summed E-state index contributed by atoms with van der Waals surface area (Å²) in [6.45, 7) is 6.01. The summed E-state index contributed by atoms with van der Waals surface area (Å²) in [5.41, 5.74) is 5.84. The molecule has 0 saturated heterocycles. The highest BCUT2D eigenvalue weighted by Gasteiger charge is 2.31. The Bertz CT molecular complexity index is 477. The highest BCUT2D eigenvalue weighted by Crippen LogP contribution is 2.32. The summed E-state index contributed by atoms with van der Waals surface area (Å²) in [6, 6.07) is 3.64. The van der Waals surface area contributed by atoms with Crippen LogP contribution in [0.2, 0.25) is 0 Å². The van der Waals surface area contributed by atoms with E-state index in [-0.39, 0.29) is 17.7 Å². The first-order valence-electron chi connectivity index (χ1n) is 7.68. The molecule has 4 N–H and O–H groups in total. The van der Waals surface area contributed by atoms with Crippen molar-refractivity contribution in [2.45, 2.75) is 64.0 Å². The second-order valence-electron chi connectivity index (χ2n) is 6.93. The van der Waals surface area contributed by atoms with Gasteiger partial charge in [0.15, 0.2) is 0 Å². The Morgan fingerprint density at radius 1 is 1.29 bits per heavy atom. The molecule has 0 unspecified atom stereocenters. The van der Waals surface area contributed by atoms with Crippen molar-refractivity contribution in [1.29, 1.82) is 0 Å². The van der Waals surface area contributed by atoms with E-state index >= 15 is 0 Å². The number of pyridine rings is 1. The molecule has 21 heavy (non-hydrogen) atoms. The fourth-order valence-corrected chi connectivity index (χ4v) is 2.72. The van der Waals surface area contributed by atoms with Crippen molar-refractivity contribution in [3.8, 4) is 5.88 Å². The zero-order valence-corrected chi connectivity index (χ0v) is 13.3. The van der Waals surface area contributed by atoms with Crippen molar-refractivity contribution in [3.05, 3.63) is 12.1 Å². The second-order valence-corrected chi connectivity index (χ2v) is 6.93. The Hall–Kier alpha value is -1.49. The molecule has 0 radical (unpaired) electrons. The molecule has 5 heteroatoms. The van der Waals surface area contributed by atoms with Crippen LogP contribution in [-0.2, 0) is 0 Å². The minimum Gasteiger partial charge on any atom is -0.470 e. The summed E-state index contributed by atoms with van der Waals surface area (Å²) >= 11 is 0. The van der Waals surface area contributed by atoms with E-state index in [1.54, 1.807) is 6.07 Å². The molecule has 0 bridgehead atoms. The number of hydrogen-bond acceptors (Lipinski definition) is 5. The first-order valence-corrected chi connectivity index (χ1v) is 7.68. The molecule has 1 saturated carbocycles. The number of nitrogens with one attached hydrogen (secondary N) is 1. The first-order chi connectivity index (χ1) is 9.84. The highest BCUT2D eigenvalue weighted by atomic mass is 16.5. The monoisotopic (exact) mass is 293 g/mol. The number of aliphatic hydroxyl groups is 1. The van der Waals surface area contributed by atoms with E-state index in [1.165, 1.54) is 6.42 Å². The smallest absolute Gasteiger partial charge is 0.239 e. The maximum absolute atomic E-state index is 9.77. The van der Waals surface area contributed by atoms with Crippen LogP contribution in [0.4, 0.5) is 11.5 Å². The van der Waals surface area contributed by atoms with Crippen molar-refractivity contribution in [3.63, 3.8) is 0 Å². The number of anilines is 2. The summed E-state index contributed by atoms with van der Waals surface area (Å²) in [7, 11) is 0. The van der Waals surface area contributed by atoms with Gasteiger partial charge >= 0.3 is 0 Å². The average Bonchev–Trinajstić information content (AvgIpc) is 2.42. The molecule has 0 spiro atoms. The lowest BCUT2D eigenvalue weighted by Gasteiger charge is -2.37. The van der Waals surface area contributed by atoms with E-state index in [2.05, 4.69) is 10.3 Å². The lowest BCUT2D eigenvalue weighted by atomic mass is 9.82. The van der Waals surface area contributed by atoms with Crippen LogP contribution in [0.15, 0.2) is 12.1 Å². The number of aliphatic hydroxyl groups excluding tert-OH is 1. The quantitative estimate of drug-likeness (QED) is 0.795. The number of aromatic nitrogens is 1. The van der Waals surface area contributed by atoms with Gasteiger partial charge in [-0.3, -0.25) is 0 Å². The van der Waals surface area contributed by atoms with E-state index in [0.29, 0.717) is 17.4 Å². The molecular weight excluding hydrogens is 266 g/mol. The fraction of sp³-hybridized carbons (Fsp3) is 0.688. The van der Waals surface area contributed by atoms with Crippen molar-refractivity contribution in [2.24, 2.45) is 0 Å². The van der Waals surface area contributed by atoms with Gasteiger partial charge in [-0.1, -0.05) is 19.3 Å². The van der Waals surface area contributed by atoms with Gasteiger partial charge in [-0.25, -0.2) is 0 Å². The van der Waals surface area contributed by atoms with Crippen molar-refractivity contribution in [1.82, 2.24) is 4.98 Å². The van der Waals surface area contributed by atoms with Gasteiger partial charge < -0.3 is 20.9 Å². The largest absolute Gasteiger partial charge is 0.470 e. The van der Waals surface area contributed by atoms with Gasteiger partial charge in [0.05, 0.1) is 17.8 Å². The topological polar surface area (TPSA) is 80.4 Å². The van der Waals surface area contributed by atoms with Gasteiger partial charge in [-0.2, -0.15) is 4.98 Å². The summed E-state index contributed by atoms with van der Waals surface area (Å²) in [6.07, 6.45) is 5.43. The maximum atomic E-state index is 9.77. The normalized spacial score (nSPS) is 18.3. The minimum atomic E-state index is -0.348. The van der Waals surface area contributed by atoms with Crippen LogP contribution in [0.25, 0.3) is 0 Å². The third kappa shape index (κ3) is 4.24. The van der Waals surface area contributed by atoms with Crippen LogP contribution in [0.5, 0.6) is 5.88 Å². The Morgan fingerprint density at radius 2 is 1.95 bits per heavy atom. The van der Waals surface area contributed by atoms with Crippen LogP contribution < -0.4 is 15.8 Å². The third-order valence-electron chi connectivity index (χ3n) is 3.80. The number of ether oxygens (including phenoxy) is 1. The molecule has 5 nitrogen and oxygen atoms in total. The summed E-state index contributed by atoms with van der Waals surface area (Å²) in [5.74, 6) is 1.15. The summed E-state index contributed by atoms with van der Waals surface area (Å²) < 4.78 is 5.79. The van der Waals surface area contributed by atoms with E-state index in [0.717, 1.165) is 25.7 Å². The first kappa shape index (κ1) is 15.9. The van der Waals surface area contributed by atoms with Crippen molar-refractivity contribution >= 4 is 11.5 Å². The van der Waals surface area contributed by atoms with Crippen molar-refractivity contribution < 1.29 is 9.84 Å². The predicted octanol–water partition coefficient (Wildman–Crippen LogP) is 2.95. The van der Waals surface area contributed by atoms with Gasteiger partial charge in [0, 0.05) is 0 Å². The van der Waals surface area contributed by atoms with E-state index in [4.69, 9.17) is 10.5 Å². The zero-order valence-electron chi connectivity index (χ0n) is 13.3. The number of rotatable bonds is 4. The van der Waals surface area contributed by atoms with Crippen LogP contribution in [0.3, 0.4) is 0 Å². The van der Waals surface area contributed by atoms with Crippen LogP contribution in [-0.4, -0.2) is 27.8 Å². The molecule has 0 aromatic carbocycles. The molecule has 118 valence electrons. The molecule has 0 atom stereocenters. The maximum Gasteiger partial charge on any atom is 0.239 e. The number of hydrogen-bond donors (Lipinski definition) is 3. The van der Waals surface area contributed by atoms with Crippen LogP contribution >= 0.6 is 0 Å². The Labute approximate surface area is 126 Å². The predicted molar refractivity (Wildman–Crippen MR) is 85.6 cm³/mol. The number of nitrogens with two attached hydrogens (primary N) is 1. The number of nitrogen functional groups attached to an aromatic ring is 1. The van der Waals surface area contributed by atoms with Gasteiger partial charge in [0.1, 0.15) is 11.4 Å². The highest BCUT2D eigenvalue weighted by molar-refractivity contribution is 5.54. The molecule has 1 aliphatic carbocycles. The lowest BCUT2D eigenvalue weighted by molar-refractivity contribution is 0.125. The summed E-state index contributed by atoms with van der Waals surface area (Å²) in [5, 5.41) is 13.2. The van der Waals surface area contributed by atoms with Gasteiger partial charge in [0.25, 0.3) is 0 Å². The third-order valence-corrected chi connectivity index (χ3v) is 3.80. The molecule has 1 aromatic rings. The molecule has 1 aromatic heterocycles. The standard InChI is InChI=1S/C16H27N3O2/c1-15(2,3)21-14-12(17)7-8-13(18-14)19-16(11-20)9-5-4-6-10-16/h7-8,20H,4-6,9-11,17H2,1-3H3,(H,18,19). The molecule has 1 fully saturated rings. The van der Waals surface area contributed by atoms with E-state index in [1.807, 2.05) is 26.8 Å². The SMILES string of the molecule is CC(C)(C)Oc1nc(NC2(CO)CCCCC2)ccc1N. The molecule has 1 heterocycles. The van der Waals surface area contributed by atoms with Gasteiger partial charge in [-0.15, -0.1) is 0 Å². The number of nitrogens with zero attached hydrogens (tertiary/aromatic N) is 1. The Morgan fingerprint density at radius 3 is 2.52 bits per heavy atom. The molecule has 0 amide bonds. The minimum absolute atomic E-state index is 0.120.